The van der Waals surface area contributed by atoms with Crippen LogP contribution in [-0.2, 0) is 11.3 Å². The van der Waals surface area contributed by atoms with E-state index in [1.54, 1.807) is 11.3 Å². The van der Waals surface area contributed by atoms with Crippen LogP contribution in [0.25, 0.3) is 0 Å². The molecule has 0 aliphatic carbocycles. The van der Waals surface area contributed by atoms with Gasteiger partial charge in [-0.2, -0.15) is 0 Å². The zero-order valence-corrected chi connectivity index (χ0v) is 15.1. The Hall–Kier alpha value is -1.44. The lowest BCUT2D eigenvalue weighted by Gasteiger charge is -2.48. The fourth-order valence-corrected chi connectivity index (χ4v) is 4.56. The van der Waals surface area contributed by atoms with Crippen LogP contribution < -0.4 is 4.90 Å². The molecule has 0 saturated carbocycles. The predicted octanol–water partition coefficient (Wildman–Crippen LogP) is 2.62. The molecule has 0 unspecified atom stereocenters. The Morgan fingerprint density at radius 2 is 2.21 bits per heavy atom. The average Bonchev–Trinajstić information content (AvgIpc) is 3.21. The zero-order chi connectivity index (χ0) is 16.6. The predicted molar refractivity (Wildman–Crippen MR) is 93.5 cm³/mol. The summed E-state index contributed by atoms with van der Waals surface area (Å²) in [6.07, 6.45) is 4.15. The number of rotatable bonds is 3. The van der Waals surface area contributed by atoms with Crippen LogP contribution >= 0.6 is 11.3 Å². The lowest BCUT2D eigenvalue weighted by atomic mass is 9.90. The van der Waals surface area contributed by atoms with Gasteiger partial charge in [0.1, 0.15) is 5.76 Å². The van der Waals surface area contributed by atoms with Gasteiger partial charge in [0.25, 0.3) is 0 Å². The summed E-state index contributed by atoms with van der Waals surface area (Å²) in [6.45, 7) is 9.62. The molecule has 2 aromatic rings. The Labute approximate surface area is 146 Å². The van der Waals surface area contributed by atoms with Crippen LogP contribution in [0, 0.1) is 13.8 Å². The van der Waals surface area contributed by atoms with E-state index in [1.165, 1.54) is 5.56 Å². The Bertz CT molecular complexity index is 663. The highest BCUT2D eigenvalue weighted by atomic mass is 32.1. The largest absolute Gasteiger partial charge is 0.370 e. The van der Waals surface area contributed by atoms with Crippen LogP contribution in [0.2, 0.25) is 0 Å². The minimum Gasteiger partial charge on any atom is -0.370 e. The molecule has 0 amide bonds. The molecule has 2 aliphatic heterocycles. The number of thiazole rings is 1. The average molecular weight is 348 g/mol. The summed E-state index contributed by atoms with van der Waals surface area (Å²) in [7, 11) is 0. The summed E-state index contributed by atoms with van der Waals surface area (Å²) in [6, 6.07) is 0. The monoisotopic (exact) mass is 348 g/mol. The molecule has 130 valence electrons. The van der Waals surface area contributed by atoms with Crippen molar-refractivity contribution in [2.45, 2.75) is 38.8 Å². The lowest BCUT2D eigenvalue weighted by molar-refractivity contribution is -0.116. The number of morpholine rings is 1. The van der Waals surface area contributed by atoms with Gasteiger partial charge in [-0.05, 0) is 26.7 Å². The van der Waals surface area contributed by atoms with E-state index >= 15 is 0 Å². The maximum absolute atomic E-state index is 6.30. The first-order valence-electron chi connectivity index (χ1n) is 8.58. The van der Waals surface area contributed by atoms with Crippen molar-refractivity contribution in [3.8, 4) is 0 Å². The van der Waals surface area contributed by atoms with E-state index in [0.29, 0.717) is 0 Å². The van der Waals surface area contributed by atoms with Crippen molar-refractivity contribution in [1.29, 1.82) is 0 Å². The number of hydrogen-bond acceptors (Lipinski definition) is 7. The number of anilines is 1. The first-order valence-corrected chi connectivity index (χ1v) is 9.46. The molecule has 6 nitrogen and oxygen atoms in total. The highest BCUT2D eigenvalue weighted by Gasteiger charge is 2.41. The highest BCUT2D eigenvalue weighted by Crippen LogP contribution is 2.33. The second kappa shape index (κ2) is 6.46. The minimum absolute atomic E-state index is 0.0822. The third-order valence-electron chi connectivity index (χ3n) is 5.12. The van der Waals surface area contributed by atoms with Crippen molar-refractivity contribution in [3.63, 3.8) is 0 Å². The van der Waals surface area contributed by atoms with Crippen molar-refractivity contribution in [2.75, 3.05) is 37.7 Å². The van der Waals surface area contributed by atoms with Crippen molar-refractivity contribution in [2.24, 2.45) is 0 Å². The summed E-state index contributed by atoms with van der Waals surface area (Å²) >= 11 is 1.71. The molecule has 0 N–H and O–H groups in total. The SMILES string of the molecule is Cc1noc(C)c1CN1CCO[C@@]2(CCCN(c3nccs3)C2)C1. The van der Waals surface area contributed by atoms with Crippen molar-refractivity contribution >= 4 is 16.5 Å². The molecule has 4 rings (SSSR count). The molecule has 1 spiro atoms. The molecule has 24 heavy (non-hydrogen) atoms. The summed E-state index contributed by atoms with van der Waals surface area (Å²) in [4.78, 5) is 9.35. The zero-order valence-electron chi connectivity index (χ0n) is 14.3. The topological polar surface area (TPSA) is 54.6 Å². The van der Waals surface area contributed by atoms with E-state index in [4.69, 9.17) is 9.26 Å². The van der Waals surface area contributed by atoms with Gasteiger partial charge in [-0.1, -0.05) is 5.16 Å². The van der Waals surface area contributed by atoms with Crippen LogP contribution in [0.4, 0.5) is 5.13 Å². The van der Waals surface area contributed by atoms with Crippen molar-refractivity contribution in [1.82, 2.24) is 15.0 Å². The normalized spacial score (nSPS) is 25.5. The van der Waals surface area contributed by atoms with Gasteiger partial charge in [0, 0.05) is 43.3 Å². The number of aryl methyl sites for hydroxylation is 2. The lowest BCUT2D eigenvalue weighted by Crippen LogP contribution is -2.59. The number of ether oxygens (including phenoxy) is 1. The summed E-state index contributed by atoms with van der Waals surface area (Å²) in [5.41, 5.74) is 2.14. The molecule has 0 bridgehead atoms. The summed E-state index contributed by atoms with van der Waals surface area (Å²) in [5, 5.41) is 7.24. The fourth-order valence-electron chi connectivity index (χ4n) is 3.89. The second-order valence-corrected chi connectivity index (χ2v) is 7.76. The molecular formula is C17H24N4O2S. The van der Waals surface area contributed by atoms with Crippen LogP contribution in [0.1, 0.15) is 29.9 Å². The van der Waals surface area contributed by atoms with Crippen molar-refractivity contribution < 1.29 is 9.26 Å². The number of aromatic nitrogens is 2. The molecule has 4 heterocycles. The van der Waals surface area contributed by atoms with E-state index in [2.05, 4.69) is 19.9 Å². The van der Waals surface area contributed by atoms with E-state index in [-0.39, 0.29) is 5.60 Å². The molecule has 0 aromatic carbocycles. The summed E-state index contributed by atoms with van der Waals surface area (Å²) < 4.78 is 11.6. The third kappa shape index (κ3) is 3.08. The van der Waals surface area contributed by atoms with Crippen molar-refractivity contribution in [3.05, 3.63) is 28.6 Å². The van der Waals surface area contributed by atoms with Gasteiger partial charge in [0.2, 0.25) is 0 Å². The summed E-state index contributed by atoms with van der Waals surface area (Å²) in [5.74, 6) is 0.932. The number of piperidine rings is 1. The maximum Gasteiger partial charge on any atom is 0.185 e. The molecule has 2 aliphatic rings. The fraction of sp³-hybridized carbons (Fsp3) is 0.647. The van der Waals surface area contributed by atoms with E-state index in [9.17, 15) is 0 Å². The molecule has 2 aromatic heterocycles. The van der Waals surface area contributed by atoms with Gasteiger partial charge in [0.15, 0.2) is 5.13 Å². The Kier molecular flexibility index (Phi) is 4.32. The Morgan fingerprint density at radius 1 is 1.29 bits per heavy atom. The van der Waals surface area contributed by atoms with E-state index in [1.807, 2.05) is 25.4 Å². The molecule has 0 radical (unpaired) electrons. The third-order valence-corrected chi connectivity index (χ3v) is 5.95. The molecule has 1 atom stereocenters. The van der Waals surface area contributed by atoms with E-state index < -0.39 is 0 Å². The maximum atomic E-state index is 6.30. The quantitative estimate of drug-likeness (QED) is 0.850. The van der Waals surface area contributed by atoms with Gasteiger partial charge in [-0.3, -0.25) is 4.90 Å². The van der Waals surface area contributed by atoms with Gasteiger partial charge in [-0.25, -0.2) is 4.98 Å². The number of hydrogen-bond donors (Lipinski definition) is 0. The molecule has 2 fully saturated rings. The standard InChI is InChI=1S/C17H24N4O2S/c1-13-15(14(2)23-19-13)10-20-7-8-22-17(11-20)4-3-6-21(12-17)16-18-5-9-24-16/h5,9H,3-4,6-8,10-12H2,1-2H3/t17-/m0/s1. The second-order valence-electron chi connectivity index (χ2n) is 6.88. The molecule has 2 saturated heterocycles. The molecule has 7 heteroatoms. The van der Waals surface area contributed by atoms with Gasteiger partial charge < -0.3 is 14.2 Å². The Morgan fingerprint density at radius 3 is 2.96 bits per heavy atom. The van der Waals surface area contributed by atoms with Crippen LogP contribution in [0.5, 0.6) is 0 Å². The van der Waals surface area contributed by atoms with Gasteiger partial charge in [-0.15, -0.1) is 11.3 Å². The highest BCUT2D eigenvalue weighted by molar-refractivity contribution is 7.13. The minimum atomic E-state index is -0.0822. The van der Waals surface area contributed by atoms with Gasteiger partial charge >= 0.3 is 0 Å². The molecular weight excluding hydrogens is 324 g/mol. The first-order chi connectivity index (χ1) is 11.7. The number of nitrogens with zero attached hydrogens (tertiary/aromatic N) is 4. The van der Waals surface area contributed by atoms with Gasteiger partial charge in [0.05, 0.1) is 24.4 Å². The van der Waals surface area contributed by atoms with Crippen LogP contribution in [-0.4, -0.2) is 53.4 Å². The Balaban J connectivity index is 1.47. The van der Waals surface area contributed by atoms with Crippen LogP contribution in [0.3, 0.4) is 0 Å². The smallest absolute Gasteiger partial charge is 0.185 e. The van der Waals surface area contributed by atoms with Crippen LogP contribution in [0.15, 0.2) is 16.1 Å². The van der Waals surface area contributed by atoms with E-state index in [0.717, 1.165) is 68.8 Å². The first kappa shape index (κ1) is 16.1.